The Hall–Kier alpha value is -7.68. The van der Waals surface area contributed by atoms with Gasteiger partial charge in [0.25, 0.3) is 17.7 Å². The number of methoxy groups -OCH3 is 3. The maximum atomic E-state index is 12.4. The van der Waals surface area contributed by atoms with Crippen LogP contribution < -0.4 is 44.4 Å². The summed E-state index contributed by atoms with van der Waals surface area (Å²) < 4.78 is 37.4. The first kappa shape index (κ1) is 55.1. The quantitative estimate of drug-likeness (QED) is 0.0363. The van der Waals surface area contributed by atoms with Crippen molar-refractivity contribution in [3.63, 3.8) is 0 Å². The number of fused-ring (bicyclic) bond motifs is 3. The van der Waals surface area contributed by atoms with Crippen LogP contribution in [0.5, 0.6) is 34.5 Å². The lowest BCUT2D eigenvalue weighted by molar-refractivity contribution is 0.0940. The van der Waals surface area contributed by atoms with Crippen molar-refractivity contribution in [3.05, 3.63) is 160 Å². The summed E-state index contributed by atoms with van der Waals surface area (Å²) in [5, 5.41) is 8.87. The first-order valence-electron chi connectivity index (χ1n) is 26.4. The molecule has 7 rings (SSSR count). The van der Waals surface area contributed by atoms with Crippen LogP contribution in [0.2, 0.25) is 0 Å². The van der Waals surface area contributed by atoms with Crippen LogP contribution in [0.4, 0.5) is 0 Å². The standard InChI is InChI=1S/C60H72N6O9/c1-70-52-37-43-34-47-41-56(74-32-20-8-5-14-29-65-59(68)50-23-11-17-26-62-50)54(72-3)39-45(47)36-48-42-57(75-33-21-9-6-15-30-66-60(69)51-24-12-18-27-63-51)53(71-2)38-44(48)35-46(43)40-55(52)73-31-19-7-4-13-28-64-58(67)49-22-10-16-25-61-49/h10-12,16-18,22-27,37-42H,4-9,13-15,19-21,28-36H2,1-3H3,(H,64,67)(H,65,68)(H,66,69). The van der Waals surface area contributed by atoms with Crippen LogP contribution in [0, 0.1) is 0 Å². The topological polar surface area (TPSA) is 181 Å². The number of carbonyl (C=O) groups is 3. The molecule has 3 aromatic carbocycles. The number of ether oxygens (including phenoxy) is 6. The Kier molecular flexibility index (Phi) is 21.9. The second kappa shape index (κ2) is 29.9. The summed E-state index contributed by atoms with van der Waals surface area (Å²) >= 11 is 0. The van der Waals surface area contributed by atoms with Gasteiger partial charge in [0.05, 0.1) is 41.2 Å². The van der Waals surface area contributed by atoms with E-state index in [9.17, 15) is 14.4 Å². The van der Waals surface area contributed by atoms with Crippen molar-refractivity contribution >= 4 is 17.7 Å². The Bertz CT molecular complexity index is 2450. The number of pyridine rings is 3. The molecule has 3 aromatic heterocycles. The van der Waals surface area contributed by atoms with E-state index in [1.165, 1.54) is 0 Å². The van der Waals surface area contributed by atoms with Crippen LogP contribution in [-0.4, -0.2) is 93.5 Å². The Labute approximate surface area is 441 Å². The Morgan fingerprint density at radius 3 is 0.893 bits per heavy atom. The average Bonchev–Trinajstić information content (AvgIpc) is 3.50. The highest BCUT2D eigenvalue weighted by atomic mass is 16.5. The molecule has 0 fully saturated rings. The fourth-order valence-corrected chi connectivity index (χ4v) is 9.01. The van der Waals surface area contributed by atoms with Crippen molar-refractivity contribution in [2.24, 2.45) is 0 Å². The average molecular weight is 1020 g/mol. The van der Waals surface area contributed by atoms with Gasteiger partial charge in [0.15, 0.2) is 34.5 Å². The molecule has 0 aliphatic heterocycles. The van der Waals surface area contributed by atoms with Gasteiger partial charge in [-0.15, -0.1) is 0 Å². The molecule has 15 nitrogen and oxygen atoms in total. The first-order chi connectivity index (χ1) is 36.8. The number of aromatic nitrogens is 3. The van der Waals surface area contributed by atoms with Gasteiger partial charge in [-0.1, -0.05) is 56.7 Å². The predicted molar refractivity (Wildman–Crippen MR) is 289 cm³/mol. The number of hydrogen-bond acceptors (Lipinski definition) is 12. The Balaban J connectivity index is 1.01. The van der Waals surface area contributed by atoms with Crippen molar-refractivity contribution in [1.82, 2.24) is 30.9 Å². The van der Waals surface area contributed by atoms with E-state index in [0.29, 0.717) is 110 Å². The van der Waals surface area contributed by atoms with Crippen molar-refractivity contribution in [2.45, 2.75) is 96.3 Å². The van der Waals surface area contributed by atoms with Crippen molar-refractivity contribution < 1.29 is 42.8 Å². The van der Waals surface area contributed by atoms with E-state index in [4.69, 9.17) is 28.4 Å². The molecule has 0 radical (unpaired) electrons. The molecule has 0 unspecified atom stereocenters. The monoisotopic (exact) mass is 1020 g/mol. The lowest BCUT2D eigenvalue weighted by atomic mass is 9.94. The molecule has 3 heterocycles. The van der Waals surface area contributed by atoms with Crippen molar-refractivity contribution in [3.8, 4) is 34.5 Å². The fraction of sp³-hybridized carbons (Fsp3) is 0.400. The number of amides is 3. The lowest BCUT2D eigenvalue weighted by Gasteiger charge is -2.18. The lowest BCUT2D eigenvalue weighted by Crippen LogP contribution is -2.25. The summed E-state index contributed by atoms with van der Waals surface area (Å²) in [6.07, 6.45) is 17.6. The molecule has 75 heavy (non-hydrogen) atoms. The minimum Gasteiger partial charge on any atom is -0.493 e. The second-order valence-electron chi connectivity index (χ2n) is 18.5. The third-order valence-electron chi connectivity index (χ3n) is 13.1. The summed E-state index contributed by atoms with van der Waals surface area (Å²) in [5.74, 6) is 3.61. The molecule has 15 heteroatoms. The van der Waals surface area contributed by atoms with E-state index in [-0.39, 0.29) is 17.7 Å². The molecule has 3 amide bonds. The number of rotatable bonds is 30. The predicted octanol–water partition coefficient (Wildman–Crippen LogP) is 10.1. The van der Waals surface area contributed by atoms with Crippen LogP contribution in [0.25, 0.3) is 0 Å². The molecule has 0 bridgehead atoms. The first-order valence-corrected chi connectivity index (χ1v) is 26.4. The van der Waals surface area contributed by atoms with Gasteiger partial charge in [-0.05, 0) is 164 Å². The molecular formula is C60H72N6O9. The fourth-order valence-electron chi connectivity index (χ4n) is 9.01. The van der Waals surface area contributed by atoms with Crippen LogP contribution >= 0.6 is 0 Å². The van der Waals surface area contributed by atoms with Gasteiger partial charge in [0, 0.05) is 38.2 Å². The van der Waals surface area contributed by atoms with E-state index in [1.807, 2.05) is 18.2 Å². The number of unbranched alkanes of at least 4 members (excludes halogenated alkanes) is 9. The Morgan fingerprint density at radius 1 is 0.373 bits per heavy atom. The molecule has 0 spiro atoms. The van der Waals surface area contributed by atoms with E-state index in [1.54, 1.807) is 76.3 Å². The van der Waals surface area contributed by atoms with Crippen molar-refractivity contribution in [2.75, 3.05) is 60.8 Å². The van der Waals surface area contributed by atoms with Crippen LogP contribution in [-0.2, 0) is 19.3 Å². The summed E-state index contributed by atoms with van der Waals surface area (Å²) in [4.78, 5) is 49.5. The molecule has 1 aliphatic rings. The summed E-state index contributed by atoms with van der Waals surface area (Å²) in [6.45, 7) is 3.34. The normalized spacial score (nSPS) is 11.6. The molecule has 0 saturated carbocycles. The maximum Gasteiger partial charge on any atom is 0.269 e. The van der Waals surface area contributed by atoms with E-state index in [0.717, 1.165) is 110 Å². The smallest absolute Gasteiger partial charge is 0.269 e. The van der Waals surface area contributed by atoms with Gasteiger partial charge in [-0.3, -0.25) is 29.3 Å². The summed E-state index contributed by atoms with van der Waals surface area (Å²) in [5.41, 5.74) is 7.95. The summed E-state index contributed by atoms with van der Waals surface area (Å²) in [7, 11) is 5.04. The van der Waals surface area contributed by atoms with Gasteiger partial charge >= 0.3 is 0 Å². The zero-order valence-corrected chi connectivity index (χ0v) is 43.8. The van der Waals surface area contributed by atoms with E-state index >= 15 is 0 Å². The SMILES string of the molecule is COc1cc2c(cc1OCCCCCCNC(=O)c1ccccn1)Cc1cc(OC)c(OCCCCCCNC(=O)c3ccccn3)cc1Cc1cc(OC)c(OCCCCCCNC(=O)c3ccccn3)cc1C2. The minimum absolute atomic E-state index is 0.158. The minimum atomic E-state index is -0.158. The van der Waals surface area contributed by atoms with Crippen molar-refractivity contribution in [1.29, 1.82) is 0 Å². The van der Waals surface area contributed by atoms with Gasteiger partial charge in [0.2, 0.25) is 0 Å². The highest BCUT2D eigenvalue weighted by Crippen LogP contribution is 2.41. The zero-order valence-electron chi connectivity index (χ0n) is 43.8. The van der Waals surface area contributed by atoms with Crippen LogP contribution in [0.1, 0.15) is 142 Å². The third-order valence-corrected chi connectivity index (χ3v) is 13.1. The highest BCUT2D eigenvalue weighted by Gasteiger charge is 2.23. The van der Waals surface area contributed by atoms with Gasteiger partial charge in [0.1, 0.15) is 17.1 Å². The zero-order chi connectivity index (χ0) is 52.5. The number of nitrogens with zero attached hydrogens (tertiary/aromatic N) is 3. The highest BCUT2D eigenvalue weighted by molar-refractivity contribution is 5.93. The van der Waals surface area contributed by atoms with Crippen LogP contribution in [0.3, 0.4) is 0 Å². The summed E-state index contributed by atoms with van der Waals surface area (Å²) in [6, 6.07) is 28.6. The molecule has 1 aliphatic carbocycles. The number of benzene rings is 3. The number of hydrogen-bond donors (Lipinski definition) is 3. The van der Waals surface area contributed by atoms with E-state index < -0.39 is 0 Å². The molecule has 396 valence electrons. The van der Waals surface area contributed by atoms with Gasteiger partial charge in [-0.25, -0.2) is 0 Å². The molecular weight excluding hydrogens is 949 g/mol. The maximum absolute atomic E-state index is 12.4. The third kappa shape index (κ3) is 16.9. The molecule has 0 saturated heterocycles. The van der Waals surface area contributed by atoms with Crippen LogP contribution in [0.15, 0.2) is 110 Å². The number of nitrogens with one attached hydrogen (secondary N) is 3. The number of carbonyl (C=O) groups excluding carboxylic acids is 3. The largest absolute Gasteiger partial charge is 0.493 e. The second-order valence-corrected chi connectivity index (χ2v) is 18.5. The Morgan fingerprint density at radius 2 is 0.640 bits per heavy atom. The molecule has 0 atom stereocenters. The molecule has 3 N–H and O–H groups in total. The van der Waals surface area contributed by atoms with E-state index in [2.05, 4.69) is 67.3 Å². The molecule has 6 aromatic rings. The van der Waals surface area contributed by atoms with Gasteiger partial charge < -0.3 is 44.4 Å². The van der Waals surface area contributed by atoms with Gasteiger partial charge in [-0.2, -0.15) is 0 Å².